The number of hydrogen-bond donors (Lipinski definition) is 2. The van der Waals surface area contributed by atoms with E-state index in [2.05, 4.69) is 4.72 Å². The normalized spacial score (nSPS) is 12.4. The van der Waals surface area contributed by atoms with Crippen molar-refractivity contribution in [1.82, 2.24) is 4.72 Å². The smallest absolute Gasteiger partial charge is 0.240 e. The van der Waals surface area contributed by atoms with E-state index in [1.165, 1.54) is 32.4 Å². The standard InChI is InChI=1S/C12H20N2O4S/c1-12(2,18-4)8-14-19(15,16)9-5-6-11(17-3)10(13)7-9/h5-7,14H,8,13H2,1-4H3. The zero-order valence-corrected chi connectivity index (χ0v) is 12.4. The molecule has 1 rings (SSSR count). The van der Waals surface area contributed by atoms with Gasteiger partial charge in [0.25, 0.3) is 0 Å². The maximum absolute atomic E-state index is 12.1. The summed E-state index contributed by atoms with van der Waals surface area (Å²) in [4.78, 5) is 0.0951. The first kappa shape index (κ1) is 15.7. The van der Waals surface area contributed by atoms with E-state index in [1.807, 2.05) is 0 Å². The lowest BCUT2D eigenvalue weighted by molar-refractivity contribution is 0.0276. The van der Waals surface area contributed by atoms with Crippen molar-refractivity contribution in [3.05, 3.63) is 18.2 Å². The van der Waals surface area contributed by atoms with Crippen LogP contribution < -0.4 is 15.2 Å². The monoisotopic (exact) mass is 288 g/mol. The summed E-state index contributed by atoms with van der Waals surface area (Å²) in [6.45, 7) is 3.74. The van der Waals surface area contributed by atoms with Crippen LogP contribution in [-0.2, 0) is 14.8 Å². The van der Waals surface area contributed by atoms with Gasteiger partial charge in [-0.25, -0.2) is 13.1 Å². The summed E-state index contributed by atoms with van der Waals surface area (Å²) in [5.41, 5.74) is 5.39. The quantitative estimate of drug-likeness (QED) is 0.761. The molecule has 0 heterocycles. The predicted octanol–water partition coefficient (Wildman–Crippen LogP) is 0.981. The number of ether oxygens (including phenoxy) is 2. The molecule has 0 saturated heterocycles. The molecule has 7 heteroatoms. The lowest BCUT2D eigenvalue weighted by atomic mass is 10.1. The number of nitrogen functional groups attached to an aromatic ring is 1. The number of nitrogens with one attached hydrogen (secondary N) is 1. The highest BCUT2D eigenvalue weighted by Gasteiger charge is 2.22. The van der Waals surface area contributed by atoms with Gasteiger partial charge in [-0.1, -0.05) is 0 Å². The Morgan fingerprint density at radius 2 is 1.95 bits per heavy atom. The van der Waals surface area contributed by atoms with E-state index >= 15 is 0 Å². The van der Waals surface area contributed by atoms with Crippen LogP contribution in [0.2, 0.25) is 0 Å². The molecule has 0 fully saturated rings. The van der Waals surface area contributed by atoms with Crippen LogP contribution >= 0.6 is 0 Å². The van der Waals surface area contributed by atoms with Crippen molar-refractivity contribution in [3.63, 3.8) is 0 Å². The summed E-state index contributed by atoms with van der Waals surface area (Å²) in [7, 11) is -0.618. The summed E-state index contributed by atoms with van der Waals surface area (Å²) in [6, 6.07) is 4.32. The molecule has 6 nitrogen and oxygen atoms in total. The highest BCUT2D eigenvalue weighted by Crippen LogP contribution is 2.24. The predicted molar refractivity (Wildman–Crippen MR) is 73.7 cm³/mol. The number of anilines is 1. The van der Waals surface area contributed by atoms with Gasteiger partial charge in [0.1, 0.15) is 5.75 Å². The van der Waals surface area contributed by atoms with Gasteiger partial charge < -0.3 is 15.2 Å². The minimum absolute atomic E-state index is 0.0951. The average Bonchev–Trinajstić information content (AvgIpc) is 2.36. The fraction of sp³-hybridized carbons (Fsp3) is 0.500. The Balaban J connectivity index is 2.92. The molecular formula is C12H20N2O4S. The van der Waals surface area contributed by atoms with Crippen LogP contribution in [0.4, 0.5) is 5.69 Å². The first-order valence-corrected chi connectivity index (χ1v) is 7.18. The summed E-state index contributed by atoms with van der Waals surface area (Å²) in [5.74, 6) is 0.441. The minimum atomic E-state index is -3.62. The molecule has 19 heavy (non-hydrogen) atoms. The molecule has 1 aromatic carbocycles. The van der Waals surface area contributed by atoms with Gasteiger partial charge in [0, 0.05) is 13.7 Å². The zero-order valence-electron chi connectivity index (χ0n) is 11.6. The van der Waals surface area contributed by atoms with Gasteiger partial charge >= 0.3 is 0 Å². The van der Waals surface area contributed by atoms with Gasteiger partial charge in [-0.15, -0.1) is 0 Å². The Morgan fingerprint density at radius 3 is 2.42 bits per heavy atom. The van der Waals surface area contributed by atoms with Gasteiger partial charge in [-0.2, -0.15) is 0 Å². The van der Waals surface area contributed by atoms with Crippen molar-refractivity contribution in [1.29, 1.82) is 0 Å². The highest BCUT2D eigenvalue weighted by molar-refractivity contribution is 7.89. The van der Waals surface area contributed by atoms with Crippen LogP contribution in [0.1, 0.15) is 13.8 Å². The SMILES string of the molecule is COc1ccc(S(=O)(=O)NCC(C)(C)OC)cc1N. The molecule has 0 bridgehead atoms. The molecule has 0 aromatic heterocycles. The molecule has 0 aliphatic heterocycles. The lowest BCUT2D eigenvalue weighted by Crippen LogP contribution is -2.39. The molecule has 0 spiro atoms. The van der Waals surface area contributed by atoms with Gasteiger partial charge in [-0.05, 0) is 32.0 Å². The first-order valence-electron chi connectivity index (χ1n) is 5.70. The van der Waals surface area contributed by atoms with Gasteiger partial charge in [0.2, 0.25) is 10.0 Å². The Hall–Kier alpha value is -1.31. The van der Waals surface area contributed by atoms with Crippen LogP contribution in [-0.4, -0.2) is 34.8 Å². The first-order chi connectivity index (χ1) is 8.72. The molecule has 0 aliphatic carbocycles. The fourth-order valence-corrected chi connectivity index (χ4v) is 2.54. The third kappa shape index (κ3) is 4.09. The van der Waals surface area contributed by atoms with E-state index < -0.39 is 15.6 Å². The molecule has 0 radical (unpaired) electrons. The van der Waals surface area contributed by atoms with Crippen molar-refractivity contribution in [2.45, 2.75) is 24.3 Å². The second-order valence-electron chi connectivity index (χ2n) is 4.69. The maximum Gasteiger partial charge on any atom is 0.240 e. The van der Waals surface area contributed by atoms with Crippen LogP contribution in [0.25, 0.3) is 0 Å². The topological polar surface area (TPSA) is 90.7 Å². The largest absolute Gasteiger partial charge is 0.495 e. The minimum Gasteiger partial charge on any atom is -0.495 e. The summed E-state index contributed by atoms with van der Waals surface area (Å²) < 4.78 is 36.8. The number of rotatable bonds is 6. The summed E-state index contributed by atoms with van der Waals surface area (Å²) in [6.07, 6.45) is 0. The summed E-state index contributed by atoms with van der Waals surface area (Å²) >= 11 is 0. The van der Waals surface area contributed by atoms with Gasteiger partial charge in [0.15, 0.2) is 0 Å². The Bertz CT molecular complexity index is 541. The summed E-state index contributed by atoms with van der Waals surface area (Å²) in [5, 5.41) is 0. The van der Waals surface area contributed by atoms with Crippen LogP contribution in [0.3, 0.4) is 0 Å². The van der Waals surface area contributed by atoms with E-state index in [9.17, 15) is 8.42 Å². The van der Waals surface area contributed by atoms with E-state index in [0.29, 0.717) is 5.75 Å². The average molecular weight is 288 g/mol. The zero-order chi connectivity index (χ0) is 14.7. The molecule has 3 N–H and O–H groups in total. The third-order valence-corrected chi connectivity index (χ3v) is 4.15. The Labute approximate surface area is 113 Å². The van der Waals surface area contributed by atoms with Gasteiger partial charge in [0.05, 0.1) is 23.3 Å². The molecular weight excluding hydrogens is 268 g/mol. The van der Waals surface area contributed by atoms with Crippen molar-refractivity contribution >= 4 is 15.7 Å². The third-order valence-electron chi connectivity index (χ3n) is 2.75. The number of methoxy groups -OCH3 is 2. The molecule has 0 aliphatic rings. The van der Waals surface area contributed by atoms with E-state index in [0.717, 1.165) is 0 Å². The molecule has 0 saturated carbocycles. The molecule has 108 valence electrons. The second-order valence-corrected chi connectivity index (χ2v) is 6.46. The Kier molecular flexibility index (Phi) is 4.78. The van der Waals surface area contributed by atoms with E-state index in [-0.39, 0.29) is 17.1 Å². The molecule has 0 unspecified atom stereocenters. The van der Waals surface area contributed by atoms with Crippen molar-refractivity contribution in [3.8, 4) is 5.75 Å². The molecule has 0 amide bonds. The van der Waals surface area contributed by atoms with Crippen LogP contribution in [0.5, 0.6) is 5.75 Å². The van der Waals surface area contributed by atoms with Crippen LogP contribution in [0.15, 0.2) is 23.1 Å². The maximum atomic E-state index is 12.1. The lowest BCUT2D eigenvalue weighted by Gasteiger charge is -2.23. The van der Waals surface area contributed by atoms with E-state index in [4.69, 9.17) is 15.2 Å². The molecule has 0 atom stereocenters. The Morgan fingerprint density at radius 1 is 1.32 bits per heavy atom. The molecule has 1 aromatic rings. The highest BCUT2D eigenvalue weighted by atomic mass is 32.2. The second kappa shape index (κ2) is 5.77. The fourth-order valence-electron chi connectivity index (χ4n) is 1.30. The number of benzene rings is 1. The number of sulfonamides is 1. The van der Waals surface area contributed by atoms with Gasteiger partial charge in [-0.3, -0.25) is 0 Å². The van der Waals surface area contributed by atoms with Crippen molar-refractivity contribution in [2.75, 3.05) is 26.5 Å². The van der Waals surface area contributed by atoms with Crippen LogP contribution in [0, 0.1) is 0 Å². The number of nitrogens with two attached hydrogens (primary N) is 1. The van der Waals surface area contributed by atoms with Crippen molar-refractivity contribution < 1.29 is 17.9 Å². The van der Waals surface area contributed by atoms with E-state index in [1.54, 1.807) is 13.8 Å². The van der Waals surface area contributed by atoms with Crippen molar-refractivity contribution in [2.24, 2.45) is 0 Å². The number of hydrogen-bond acceptors (Lipinski definition) is 5.